The Bertz CT molecular complexity index is 1040. The van der Waals surface area contributed by atoms with Gasteiger partial charge in [0.2, 0.25) is 0 Å². The summed E-state index contributed by atoms with van der Waals surface area (Å²) in [5, 5.41) is 22.8. The van der Waals surface area contributed by atoms with E-state index in [1.165, 1.54) is 20.2 Å². The monoisotopic (exact) mass is 396 g/mol. The third-order valence-corrected chi connectivity index (χ3v) is 4.28. The second kappa shape index (κ2) is 8.68. The zero-order valence-electron chi connectivity index (χ0n) is 15.8. The number of carboxylic acids is 1. The van der Waals surface area contributed by atoms with Gasteiger partial charge >= 0.3 is 5.97 Å². The van der Waals surface area contributed by atoms with E-state index < -0.39 is 24.2 Å². The topological polar surface area (TPSA) is 118 Å². The van der Waals surface area contributed by atoms with Gasteiger partial charge in [-0.25, -0.2) is 4.98 Å². The first-order chi connectivity index (χ1) is 13.9. The maximum Gasteiger partial charge on any atom is 0.325 e. The molecule has 3 N–H and O–H groups in total. The maximum atomic E-state index is 12.5. The van der Waals surface area contributed by atoms with Gasteiger partial charge in [0.25, 0.3) is 5.91 Å². The van der Waals surface area contributed by atoms with E-state index in [0.717, 1.165) is 0 Å². The summed E-state index contributed by atoms with van der Waals surface area (Å²) in [7, 11) is 1.29. The van der Waals surface area contributed by atoms with Crippen molar-refractivity contribution in [1.82, 2.24) is 10.3 Å². The molecule has 0 fully saturated rings. The van der Waals surface area contributed by atoms with Gasteiger partial charge in [0.1, 0.15) is 23.2 Å². The second-order valence-electron chi connectivity index (χ2n) is 6.31. The smallest absolute Gasteiger partial charge is 0.325 e. The second-order valence-corrected chi connectivity index (χ2v) is 6.31. The van der Waals surface area contributed by atoms with Crippen LogP contribution in [0.4, 0.5) is 0 Å². The van der Waals surface area contributed by atoms with Crippen molar-refractivity contribution in [3.63, 3.8) is 0 Å². The number of carbonyl (C=O) groups excluding carboxylic acids is 1. The SMILES string of the molecule is CO[C@H](O)c1c(C(=O)NC(C)C(=O)O)ncc2cc(Oc3ccccc3)ccc12. The molecule has 2 aromatic carbocycles. The van der Waals surface area contributed by atoms with Gasteiger partial charge in [-0.3, -0.25) is 9.59 Å². The Hall–Kier alpha value is -3.49. The number of hydrogen-bond donors (Lipinski definition) is 3. The Morgan fingerprint density at radius 3 is 2.48 bits per heavy atom. The molecule has 0 aliphatic heterocycles. The summed E-state index contributed by atoms with van der Waals surface area (Å²) in [5.74, 6) is -0.691. The van der Waals surface area contributed by atoms with Crippen LogP contribution in [0.5, 0.6) is 11.5 Å². The average Bonchev–Trinajstić information content (AvgIpc) is 2.72. The summed E-state index contributed by atoms with van der Waals surface area (Å²) < 4.78 is 10.8. The molecule has 8 heteroatoms. The molecule has 8 nitrogen and oxygen atoms in total. The third kappa shape index (κ3) is 4.50. The Balaban J connectivity index is 2.02. The Morgan fingerprint density at radius 2 is 1.83 bits per heavy atom. The summed E-state index contributed by atoms with van der Waals surface area (Å²) in [6.07, 6.45) is 0.0346. The Labute approximate surface area is 166 Å². The number of rotatable bonds is 7. The lowest BCUT2D eigenvalue weighted by Crippen LogP contribution is -2.39. The molecular weight excluding hydrogens is 376 g/mol. The number of nitrogens with zero attached hydrogens (tertiary/aromatic N) is 1. The highest BCUT2D eigenvalue weighted by molar-refractivity contribution is 6.01. The highest BCUT2D eigenvalue weighted by Gasteiger charge is 2.24. The van der Waals surface area contributed by atoms with E-state index in [9.17, 15) is 14.7 Å². The average molecular weight is 396 g/mol. The third-order valence-electron chi connectivity index (χ3n) is 4.28. The number of carboxylic acid groups (broad SMARTS) is 1. The van der Waals surface area contributed by atoms with Gasteiger partial charge < -0.3 is 25.0 Å². The van der Waals surface area contributed by atoms with Crippen molar-refractivity contribution in [2.24, 2.45) is 0 Å². The molecule has 0 aliphatic carbocycles. The molecule has 0 saturated heterocycles. The van der Waals surface area contributed by atoms with Crippen molar-refractivity contribution in [3.8, 4) is 11.5 Å². The molecule has 1 amide bonds. The van der Waals surface area contributed by atoms with E-state index in [0.29, 0.717) is 22.3 Å². The minimum absolute atomic E-state index is 0.114. The number of para-hydroxylation sites is 1. The van der Waals surface area contributed by atoms with E-state index in [1.54, 1.807) is 18.2 Å². The predicted molar refractivity (Wildman–Crippen MR) is 105 cm³/mol. The Kier molecular flexibility index (Phi) is 6.06. The molecule has 1 heterocycles. The van der Waals surface area contributed by atoms with E-state index in [4.69, 9.17) is 14.6 Å². The zero-order chi connectivity index (χ0) is 21.0. The van der Waals surface area contributed by atoms with E-state index in [1.807, 2.05) is 30.3 Å². The molecule has 150 valence electrons. The number of aliphatic carboxylic acids is 1. The molecule has 2 atom stereocenters. The predicted octanol–water partition coefficient (Wildman–Crippen LogP) is 2.87. The molecule has 3 rings (SSSR count). The first kappa shape index (κ1) is 20.2. The van der Waals surface area contributed by atoms with Gasteiger partial charge in [-0.15, -0.1) is 0 Å². The summed E-state index contributed by atoms with van der Waals surface area (Å²) in [4.78, 5) is 27.7. The van der Waals surface area contributed by atoms with Gasteiger partial charge in [-0.1, -0.05) is 24.3 Å². The summed E-state index contributed by atoms with van der Waals surface area (Å²) in [5.41, 5.74) is 0.0306. The molecule has 0 aliphatic rings. The lowest BCUT2D eigenvalue weighted by atomic mass is 10.0. The van der Waals surface area contributed by atoms with Crippen LogP contribution in [0.25, 0.3) is 10.8 Å². The first-order valence-corrected chi connectivity index (χ1v) is 8.80. The van der Waals surface area contributed by atoms with Crippen LogP contribution in [0.1, 0.15) is 29.3 Å². The molecule has 1 unspecified atom stereocenters. The van der Waals surface area contributed by atoms with Crippen molar-refractivity contribution in [2.45, 2.75) is 19.3 Å². The molecule has 0 spiro atoms. The number of pyridine rings is 1. The minimum Gasteiger partial charge on any atom is -0.480 e. The van der Waals surface area contributed by atoms with Crippen molar-refractivity contribution in [1.29, 1.82) is 0 Å². The van der Waals surface area contributed by atoms with Gasteiger partial charge in [0, 0.05) is 24.3 Å². The van der Waals surface area contributed by atoms with Crippen LogP contribution in [0.2, 0.25) is 0 Å². The zero-order valence-corrected chi connectivity index (χ0v) is 15.8. The quantitative estimate of drug-likeness (QED) is 0.526. The lowest BCUT2D eigenvalue weighted by molar-refractivity contribution is -0.138. The van der Waals surface area contributed by atoms with Gasteiger partial charge in [0.05, 0.1) is 0 Å². The largest absolute Gasteiger partial charge is 0.480 e. The van der Waals surface area contributed by atoms with E-state index in [2.05, 4.69) is 10.3 Å². The lowest BCUT2D eigenvalue weighted by Gasteiger charge is -2.17. The van der Waals surface area contributed by atoms with Gasteiger partial charge in [0.15, 0.2) is 6.29 Å². The van der Waals surface area contributed by atoms with Gasteiger partial charge in [-0.05, 0) is 36.6 Å². The van der Waals surface area contributed by atoms with E-state index in [-0.39, 0.29) is 11.3 Å². The number of fused-ring (bicyclic) bond motifs is 1. The number of aromatic nitrogens is 1. The molecule has 0 bridgehead atoms. The number of nitrogens with one attached hydrogen (secondary N) is 1. The van der Waals surface area contributed by atoms with Crippen LogP contribution in [0.15, 0.2) is 54.7 Å². The van der Waals surface area contributed by atoms with Crippen molar-refractivity contribution in [2.75, 3.05) is 7.11 Å². The molecule has 3 aromatic rings. The number of aliphatic hydroxyl groups excluding tert-OH is 1. The number of benzene rings is 2. The number of hydrogen-bond acceptors (Lipinski definition) is 6. The highest BCUT2D eigenvalue weighted by atomic mass is 16.6. The van der Waals surface area contributed by atoms with Crippen LogP contribution in [0.3, 0.4) is 0 Å². The molecular formula is C21H20N2O6. The number of methoxy groups -OCH3 is 1. The fourth-order valence-electron chi connectivity index (χ4n) is 2.79. The highest BCUT2D eigenvalue weighted by Crippen LogP contribution is 2.31. The number of carbonyl (C=O) groups is 2. The molecule has 0 saturated carbocycles. The number of amides is 1. The molecule has 0 radical (unpaired) electrons. The maximum absolute atomic E-state index is 12.5. The van der Waals surface area contributed by atoms with E-state index >= 15 is 0 Å². The summed E-state index contributed by atoms with van der Waals surface area (Å²) >= 11 is 0. The number of ether oxygens (including phenoxy) is 2. The molecule has 1 aromatic heterocycles. The van der Waals surface area contributed by atoms with Crippen LogP contribution in [-0.2, 0) is 9.53 Å². The van der Waals surface area contributed by atoms with Crippen molar-refractivity contribution in [3.05, 3.63) is 66.0 Å². The normalized spacial score (nSPS) is 12.9. The fraction of sp³-hybridized carbons (Fsp3) is 0.190. The van der Waals surface area contributed by atoms with Gasteiger partial charge in [-0.2, -0.15) is 0 Å². The Morgan fingerprint density at radius 1 is 1.10 bits per heavy atom. The van der Waals surface area contributed by atoms with Crippen LogP contribution >= 0.6 is 0 Å². The van der Waals surface area contributed by atoms with Crippen molar-refractivity contribution < 1.29 is 29.3 Å². The fourth-order valence-corrected chi connectivity index (χ4v) is 2.79. The number of aliphatic hydroxyl groups is 1. The van der Waals surface area contributed by atoms with Crippen LogP contribution in [-0.4, -0.2) is 40.2 Å². The minimum atomic E-state index is -1.42. The standard InChI is InChI=1S/C21H20N2O6/c1-12(20(25)26)23-19(24)18-17(21(27)28-2)16-9-8-15(10-13(16)11-22-18)29-14-6-4-3-5-7-14/h3-12,21,27H,1-2H3,(H,23,24)(H,25,26)/t12?,21-/m0/s1. The summed E-state index contributed by atoms with van der Waals surface area (Å²) in [6.45, 7) is 1.33. The first-order valence-electron chi connectivity index (χ1n) is 8.80. The van der Waals surface area contributed by atoms with Crippen molar-refractivity contribution >= 4 is 22.6 Å². The molecule has 29 heavy (non-hydrogen) atoms. The van der Waals surface area contributed by atoms with Crippen LogP contribution < -0.4 is 10.1 Å². The van der Waals surface area contributed by atoms with Crippen LogP contribution in [0, 0.1) is 0 Å². The summed E-state index contributed by atoms with van der Waals surface area (Å²) in [6, 6.07) is 13.2.